The van der Waals surface area contributed by atoms with E-state index in [4.69, 9.17) is 4.74 Å². The number of aryl methyl sites for hydroxylation is 1. The lowest BCUT2D eigenvalue weighted by atomic mass is 10.2. The van der Waals surface area contributed by atoms with E-state index in [0.717, 1.165) is 24.5 Å². The number of hydrogen-bond donors (Lipinski definition) is 1. The van der Waals surface area contributed by atoms with Crippen molar-refractivity contribution >= 4 is 0 Å². The Hall–Kier alpha value is -1.81. The molecule has 0 aliphatic carbocycles. The van der Waals surface area contributed by atoms with Gasteiger partial charge in [-0.2, -0.15) is 5.10 Å². The van der Waals surface area contributed by atoms with Gasteiger partial charge in [0.05, 0.1) is 6.54 Å². The molecule has 2 rings (SSSR count). The molecule has 0 aliphatic rings. The maximum Gasteiger partial charge on any atom is 0.123 e. The van der Waals surface area contributed by atoms with Crippen LogP contribution in [0.5, 0.6) is 5.75 Å². The van der Waals surface area contributed by atoms with Gasteiger partial charge in [-0.15, -0.1) is 0 Å². The molecule has 0 unspecified atom stereocenters. The largest absolute Gasteiger partial charge is 0.491 e. The Morgan fingerprint density at radius 2 is 2.05 bits per heavy atom. The molecule has 2 aromatic rings. The Kier molecular flexibility index (Phi) is 5.18. The molecular weight excluding hydrogens is 250 g/mol. The molecule has 0 bridgehead atoms. The summed E-state index contributed by atoms with van der Waals surface area (Å²) in [6, 6.07) is 10.6. The maximum absolute atomic E-state index is 5.90. The van der Waals surface area contributed by atoms with Crippen LogP contribution < -0.4 is 10.1 Å². The Morgan fingerprint density at radius 1 is 1.25 bits per heavy atom. The normalized spacial score (nSPS) is 11.0. The number of rotatable bonds is 7. The number of aromatic nitrogens is 2. The minimum atomic E-state index is 0.467. The van der Waals surface area contributed by atoms with Crippen molar-refractivity contribution in [2.75, 3.05) is 6.61 Å². The minimum absolute atomic E-state index is 0.467. The van der Waals surface area contributed by atoms with Crippen LogP contribution in [0.1, 0.15) is 25.1 Å². The molecule has 0 amide bonds. The maximum atomic E-state index is 5.90. The Bertz CT molecular complexity index is 534. The first-order chi connectivity index (χ1) is 9.66. The van der Waals surface area contributed by atoms with Gasteiger partial charge >= 0.3 is 0 Å². The Morgan fingerprint density at radius 3 is 2.75 bits per heavy atom. The minimum Gasteiger partial charge on any atom is -0.491 e. The number of ether oxygens (including phenoxy) is 1. The van der Waals surface area contributed by atoms with E-state index in [-0.39, 0.29) is 0 Å². The van der Waals surface area contributed by atoms with Gasteiger partial charge in [0.1, 0.15) is 12.4 Å². The third-order valence-corrected chi connectivity index (χ3v) is 3.16. The lowest BCUT2D eigenvalue weighted by Gasteiger charge is -2.14. The second-order valence-corrected chi connectivity index (χ2v) is 5.19. The van der Waals surface area contributed by atoms with Crippen molar-refractivity contribution in [2.45, 2.75) is 39.9 Å². The topological polar surface area (TPSA) is 39.1 Å². The molecule has 1 heterocycles. The summed E-state index contributed by atoms with van der Waals surface area (Å²) in [7, 11) is 0. The molecule has 0 fully saturated rings. The smallest absolute Gasteiger partial charge is 0.123 e. The van der Waals surface area contributed by atoms with Crippen molar-refractivity contribution in [1.82, 2.24) is 15.1 Å². The quantitative estimate of drug-likeness (QED) is 0.843. The number of hydrogen-bond acceptors (Lipinski definition) is 3. The zero-order chi connectivity index (χ0) is 14.4. The van der Waals surface area contributed by atoms with E-state index in [9.17, 15) is 0 Å². The highest BCUT2D eigenvalue weighted by Crippen LogP contribution is 2.18. The van der Waals surface area contributed by atoms with Crippen LogP contribution in [0.4, 0.5) is 0 Å². The van der Waals surface area contributed by atoms with Crippen LogP contribution in [0.15, 0.2) is 36.5 Å². The third kappa shape index (κ3) is 4.10. The van der Waals surface area contributed by atoms with Crippen LogP contribution in [0.3, 0.4) is 0 Å². The highest BCUT2D eigenvalue weighted by atomic mass is 16.5. The summed E-state index contributed by atoms with van der Waals surface area (Å²) in [4.78, 5) is 0. The van der Waals surface area contributed by atoms with Gasteiger partial charge in [0, 0.05) is 30.0 Å². The van der Waals surface area contributed by atoms with Gasteiger partial charge < -0.3 is 10.1 Å². The first kappa shape index (κ1) is 14.6. The van der Waals surface area contributed by atoms with E-state index < -0.39 is 0 Å². The van der Waals surface area contributed by atoms with E-state index in [1.54, 1.807) is 0 Å². The summed E-state index contributed by atoms with van der Waals surface area (Å²) in [5.74, 6) is 0.949. The van der Waals surface area contributed by atoms with E-state index in [1.807, 2.05) is 42.1 Å². The van der Waals surface area contributed by atoms with Crippen LogP contribution in [-0.4, -0.2) is 22.4 Å². The van der Waals surface area contributed by atoms with Crippen LogP contribution in [-0.2, 0) is 13.1 Å². The van der Waals surface area contributed by atoms with E-state index in [0.29, 0.717) is 12.6 Å². The van der Waals surface area contributed by atoms with Crippen LogP contribution >= 0.6 is 0 Å². The molecule has 20 heavy (non-hydrogen) atoms. The predicted octanol–water partition coefficient (Wildman–Crippen LogP) is 2.77. The van der Waals surface area contributed by atoms with Crippen molar-refractivity contribution in [3.05, 3.63) is 47.8 Å². The van der Waals surface area contributed by atoms with Crippen LogP contribution in [0, 0.1) is 6.92 Å². The highest BCUT2D eigenvalue weighted by Gasteiger charge is 2.04. The molecule has 1 N–H and O–H groups in total. The fourth-order valence-electron chi connectivity index (χ4n) is 1.98. The number of benzene rings is 1. The second-order valence-electron chi connectivity index (χ2n) is 5.19. The van der Waals surface area contributed by atoms with Gasteiger partial charge in [-0.3, -0.25) is 4.68 Å². The number of nitrogens with zero attached hydrogens (tertiary/aromatic N) is 2. The summed E-state index contributed by atoms with van der Waals surface area (Å²) in [6.45, 7) is 8.56. The van der Waals surface area contributed by atoms with Gasteiger partial charge in [-0.05, 0) is 19.1 Å². The molecule has 108 valence electrons. The van der Waals surface area contributed by atoms with Gasteiger partial charge in [-0.25, -0.2) is 0 Å². The summed E-state index contributed by atoms with van der Waals surface area (Å²) in [6.07, 6.45) is 1.82. The zero-order valence-corrected chi connectivity index (χ0v) is 12.5. The number of nitrogens with one attached hydrogen (secondary N) is 1. The molecule has 4 heteroatoms. The van der Waals surface area contributed by atoms with Gasteiger partial charge in [0.25, 0.3) is 0 Å². The van der Waals surface area contributed by atoms with Crippen LogP contribution in [0.25, 0.3) is 0 Å². The third-order valence-electron chi connectivity index (χ3n) is 3.16. The van der Waals surface area contributed by atoms with Gasteiger partial charge in [0.15, 0.2) is 0 Å². The molecular formula is C16H23N3O. The molecule has 0 saturated carbocycles. The molecule has 0 spiro atoms. The monoisotopic (exact) mass is 273 g/mol. The second kappa shape index (κ2) is 7.10. The van der Waals surface area contributed by atoms with E-state index in [1.165, 1.54) is 5.56 Å². The van der Waals surface area contributed by atoms with Crippen molar-refractivity contribution in [2.24, 2.45) is 0 Å². The lowest BCUT2D eigenvalue weighted by Crippen LogP contribution is -2.22. The molecule has 1 aromatic heterocycles. The molecule has 4 nitrogen and oxygen atoms in total. The molecule has 0 radical (unpaired) electrons. The first-order valence-corrected chi connectivity index (χ1v) is 7.09. The summed E-state index contributed by atoms with van der Waals surface area (Å²) >= 11 is 0. The van der Waals surface area contributed by atoms with Gasteiger partial charge in [-0.1, -0.05) is 32.0 Å². The Labute approximate surface area is 120 Å². The van der Waals surface area contributed by atoms with E-state index in [2.05, 4.69) is 30.3 Å². The van der Waals surface area contributed by atoms with Crippen molar-refractivity contribution in [1.29, 1.82) is 0 Å². The Balaban J connectivity index is 1.90. The average Bonchev–Trinajstić information content (AvgIpc) is 2.83. The highest BCUT2D eigenvalue weighted by molar-refractivity contribution is 5.33. The predicted molar refractivity (Wildman–Crippen MR) is 80.9 cm³/mol. The van der Waals surface area contributed by atoms with Crippen molar-refractivity contribution < 1.29 is 4.74 Å². The van der Waals surface area contributed by atoms with Crippen molar-refractivity contribution in [3.63, 3.8) is 0 Å². The standard InChI is InChI=1S/C16H23N3O/c1-13(2)17-12-15-6-4-5-7-16(15)20-11-10-19-14(3)8-9-18-19/h4-9,13,17H,10-12H2,1-3H3. The zero-order valence-electron chi connectivity index (χ0n) is 12.5. The first-order valence-electron chi connectivity index (χ1n) is 7.09. The molecule has 1 aromatic carbocycles. The molecule has 0 aliphatic heterocycles. The fraction of sp³-hybridized carbons (Fsp3) is 0.438. The van der Waals surface area contributed by atoms with E-state index >= 15 is 0 Å². The number of para-hydroxylation sites is 1. The average molecular weight is 273 g/mol. The fourth-order valence-corrected chi connectivity index (χ4v) is 1.98. The SMILES string of the molecule is Cc1ccnn1CCOc1ccccc1CNC(C)C. The summed E-state index contributed by atoms with van der Waals surface area (Å²) < 4.78 is 7.85. The van der Waals surface area contributed by atoms with Gasteiger partial charge in [0.2, 0.25) is 0 Å². The lowest BCUT2D eigenvalue weighted by molar-refractivity contribution is 0.286. The summed E-state index contributed by atoms with van der Waals surface area (Å²) in [5, 5.41) is 7.67. The summed E-state index contributed by atoms with van der Waals surface area (Å²) in [5.41, 5.74) is 2.35. The molecule has 0 atom stereocenters. The molecule has 0 saturated heterocycles. The van der Waals surface area contributed by atoms with Crippen LogP contribution in [0.2, 0.25) is 0 Å². The van der Waals surface area contributed by atoms with Crippen molar-refractivity contribution in [3.8, 4) is 5.75 Å².